The number of nitrogens with one attached hydrogen (secondary N) is 2. The molecule has 1 atom stereocenters. The van der Waals surface area contributed by atoms with Crippen molar-refractivity contribution < 1.29 is 18.9 Å². The Morgan fingerprint density at radius 2 is 1.92 bits per heavy atom. The minimum Gasteiger partial charge on any atom is -0.401 e. The molecule has 0 saturated heterocycles. The van der Waals surface area contributed by atoms with Gasteiger partial charge in [0.25, 0.3) is 0 Å². The third kappa shape index (κ3) is 7.71. The minimum atomic E-state index is 0. The molecule has 5 nitrogen and oxygen atoms in total. The largest absolute Gasteiger partial charge is 1.00 e. The Kier molecular flexibility index (Phi) is 10.2. The van der Waals surface area contributed by atoms with E-state index in [0.717, 1.165) is 28.8 Å². The molecule has 0 unspecified atom stereocenters. The Hall–Kier alpha value is -1.64. The maximum atomic E-state index is 5.83. The van der Waals surface area contributed by atoms with Gasteiger partial charge < -0.3 is 29.5 Å². The fraction of sp³-hybridized carbons (Fsp3) is 0.211. The zero-order valence-corrected chi connectivity index (χ0v) is 15.9. The molecule has 0 amide bonds. The van der Waals surface area contributed by atoms with Gasteiger partial charge in [0, 0.05) is 18.9 Å². The molecule has 0 aliphatic heterocycles. The summed E-state index contributed by atoms with van der Waals surface area (Å²) in [6, 6.07) is 9.29. The molecular formula is C19H21ClLiN5-2. The number of anilines is 1. The molecule has 3 rings (SSSR count). The summed E-state index contributed by atoms with van der Waals surface area (Å²) in [6.07, 6.45) is 6.62. The van der Waals surface area contributed by atoms with E-state index in [4.69, 9.17) is 11.6 Å². The van der Waals surface area contributed by atoms with Crippen molar-refractivity contribution in [3.63, 3.8) is 0 Å². The van der Waals surface area contributed by atoms with E-state index in [-0.39, 0.29) is 18.9 Å². The van der Waals surface area contributed by atoms with E-state index in [1.54, 1.807) is 24.8 Å². The Bertz CT molecular complexity index is 797. The quantitative estimate of drug-likeness (QED) is 0.518. The van der Waals surface area contributed by atoms with E-state index < -0.39 is 0 Å². The topological polar surface area (TPSA) is 62.7 Å². The summed E-state index contributed by atoms with van der Waals surface area (Å²) in [7, 11) is 0. The third-order valence-corrected chi connectivity index (χ3v) is 3.35. The molecule has 26 heavy (non-hydrogen) atoms. The standard InChI is InChI=1S/C14H10ClN4.C5H11N.Li/c15-11-6-12(9-16-8-11)19-7-10-1-2-13-14(5-10)18-4-3-17-13;1-4-6-5(2)3;/h1-5,8-9,19H,7H2;5-6H,1-2,4H2,3H3;/q-1;-2;+1/t;5-;/m.1./s1. The predicted molar refractivity (Wildman–Crippen MR) is 103 cm³/mol. The van der Waals surface area contributed by atoms with E-state index >= 15 is 0 Å². The molecule has 0 fully saturated rings. The number of nitrogens with zero attached hydrogens (tertiary/aromatic N) is 3. The first-order valence-electron chi connectivity index (χ1n) is 7.90. The first-order valence-corrected chi connectivity index (χ1v) is 8.28. The molecule has 1 aromatic carbocycles. The second-order valence-electron chi connectivity index (χ2n) is 5.38. The van der Waals surface area contributed by atoms with E-state index in [2.05, 4.69) is 45.5 Å². The zero-order chi connectivity index (χ0) is 18.1. The molecule has 2 aromatic heterocycles. The van der Waals surface area contributed by atoms with E-state index in [9.17, 15) is 0 Å². The van der Waals surface area contributed by atoms with Crippen LogP contribution in [0, 0.1) is 19.9 Å². The molecule has 132 valence electrons. The van der Waals surface area contributed by atoms with Crippen LogP contribution in [0.5, 0.6) is 0 Å². The number of fused-ring (bicyclic) bond motifs is 1. The van der Waals surface area contributed by atoms with Gasteiger partial charge in [-0.15, -0.1) is 30.3 Å². The summed E-state index contributed by atoms with van der Waals surface area (Å²) >= 11 is 5.83. The SMILES string of the molecule is Clc1[c-]c(NCc2ccc3nccnc3c2)cnc1.[CH2-]CN[C@H]([CH2-])C.[Li+]. The second-order valence-corrected chi connectivity index (χ2v) is 5.79. The van der Waals surface area contributed by atoms with Gasteiger partial charge in [-0.05, 0) is 17.7 Å². The summed E-state index contributed by atoms with van der Waals surface area (Å²) < 4.78 is 0. The van der Waals surface area contributed by atoms with Gasteiger partial charge >= 0.3 is 18.9 Å². The predicted octanol–water partition coefficient (Wildman–Crippen LogP) is 0.727. The van der Waals surface area contributed by atoms with Gasteiger partial charge in [-0.1, -0.05) is 36.1 Å². The number of pyridine rings is 1. The fourth-order valence-electron chi connectivity index (χ4n) is 2.02. The molecule has 7 heteroatoms. The van der Waals surface area contributed by atoms with Crippen molar-refractivity contribution in [1.29, 1.82) is 0 Å². The molecule has 0 radical (unpaired) electrons. The molecule has 0 spiro atoms. The van der Waals surface area contributed by atoms with Crippen LogP contribution in [-0.2, 0) is 6.54 Å². The van der Waals surface area contributed by atoms with Crippen LogP contribution < -0.4 is 29.5 Å². The number of aromatic nitrogens is 3. The molecule has 0 saturated carbocycles. The first kappa shape index (κ1) is 22.4. The molecule has 0 aliphatic rings. The van der Waals surface area contributed by atoms with Crippen molar-refractivity contribution in [1.82, 2.24) is 20.3 Å². The van der Waals surface area contributed by atoms with Crippen molar-refractivity contribution in [2.24, 2.45) is 0 Å². The van der Waals surface area contributed by atoms with Gasteiger partial charge in [0.15, 0.2) is 0 Å². The van der Waals surface area contributed by atoms with Gasteiger partial charge in [-0.3, -0.25) is 9.97 Å². The van der Waals surface area contributed by atoms with Crippen LogP contribution in [0.2, 0.25) is 5.02 Å². The van der Waals surface area contributed by atoms with Gasteiger partial charge in [0.1, 0.15) is 0 Å². The molecule has 0 aliphatic carbocycles. The van der Waals surface area contributed by atoms with Gasteiger partial charge in [-0.2, -0.15) is 0 Å². The maximum Gasteiger partial charge on any atom is 1.00 e. The number of hydrogen-bond donors (Lipinski definition) is 2. The fourth-order valence-corrected chi connectivity index (χ4v) is 2.18. The summed E-state index contributed by atoms with van der Waals surface area (Å²) in [5, 5.41) is 6.70. The zero-order valence-electron chi connectivity index (χ0n) is 15.2. The van der Waals surface area contributed by atoms with Gasteiger partial charge in [0.05, 0.1) is 11.0 Å². The van der Waals surface area contributed by atoms with E-state index in [1.807, 2.05) is 25.1 Å². The van der Waals surface area contributed by atoms with Crippen molar-refractivity contribution in [2.45, 2.75) is 19.5 Å². The third-order valence-electron chi connectivity index (χ3n) is 3.16. The van der Waals surface area contributed by atoms with E-state index in [0.29, 0.717) is 17.6 Å². The molecule has 2 heterocycles. The smallest absolute Gasteiger partial charge is 0.401 e. The maximum absolute atomic E-state index is 5.83. The summed E-state index contributed by atoms with van der Waals surface area (Å²) in [5.41, 5.74) is 3.66. The second kappa shape index (κ2) is 11.9. The average Bonchev–Trinajstić information content (AvgIpc) is 2.60. The van der Waals surface area contributed by atoms with Crippen molar-refractivity contribution >= 4 is 28.3 Å². The Labute approximate surface area is 172 Å². The number of halogens is 1. The summed E-state index contributed by atoms with van der Waals surface area (Å²) in [6.45, 7) is 10.7. The first-order chi connectivity index (χ1) is 12.1. The number of benzene rings is 1. The van der Waals surface area contributed by atoms with Crippen molar-refractivity contribution in [3.05, 3.63) is 73.5 Å². The van der Waals surface area contributed by atoms with Gasteiger partial charge in [-0.25, -0.2) is 0 Å². The minimum absolute atomic E-state index is 0. The van der Waals surface area contributed by atoms with Crippen LogP contribution in [0.15, 0.2) is 43.0 Å². The molecular weight excluding hydrogens is 341 g/mol. The van der Waals surface area contributed by atoms with E-state index in [1.165, 1.54) is 0 Å². The molecule has 0 bridgehead atoms. The summed E-state index contributed by atoms with van der Waals surface area (Å²) in [5.74, 6) is 0. The van der Waals surface area contributed by atoms with Crippen molar-refractivity contribution in [3.8, 4) is 0 Å². The monoisotopic (exact) mass is 361 g/mol. The number of hydrogen-bond acceptors (Lipinski definition) is 5. The number of rotatable bonds is 5. The van der Waals surface area contributed by atoms with Crippen LogP contribution in [0.25, 0.3) is 11.0 Å². The van der Waals surface area contributed by atoms with Crippen molar-refractivity contribution in [2.75, 3.05) is 11.9 Å². The normalized spacial score (nSPS) is 11.1. The molecule has 3 aromatic rings. The Balaban J connectivity index is 0.000000422. The van der Waals surface area contributed by atoms with Crippen LogP contribution >= 0.6 is 11.6 Å². The average molecular weight is 362 g/mol. The summed E-state index contributed by atoms with van der Waals surface area (Å²) in [4.78, 5) is 12.5. The van der Waals surface area contributed by atoms with Gasteiger partial charge in [0.2, 0.25) is 0 Å². The van der Waals surface area contributed by atoms with Crippen LogP contribution in [0.3, 0.4) is 0 Å². The van der Waals surface area contributed by atoms with Crippen LogP contribution in [0.1, 0.15) is 12.5 Å². The Morgan fingerprint density at radius 3 is 2.54 bits per heavy atom. The van der Waals surface area contributed by atoms with Crippen LogP contribution in [0.4, 0.5) is 5.69 Å². The molecule has 2 N–H and O–H groups in total. The van der Waals surface area contributed by atoms with Crippen LogP contribution in [-0.4, -0.2) is 27.5 Å². The Morgan fingerprint density at radius 1 is 1.19 bits per heavy atom.